The molecule has 5 heteroatoms. The molecule has 0 aliphatic heterocycles. The minimum atomic E-state index is -0.639. The number of carbonyl (C=O) groups excluding carboxylic acids is 1. The van der Waals surface area contributed by atoms with E-state index in [4.69, 9.17) is 5.73 Å². The van der Waals surface area contributed by atoms with E-state index in [2.05, 4.69) is 0 Å². The summed E-state index contributed by atoms with van der Waals surface area (Å²) in [6.07, 6.45) is 0.715. The molecule has 0 aromatic carbocycles. The van der Waals surface area contributed by atoms with Gasteiger partial charge in [-0.15, -0.1) is 37.2 Å². The summed E-state index contributed by atoms with van der Waals surface area (Å²) in [4.78, 5) is 9.70. The molecule has 0 heterocycles. The van der Waals surface area contributed by atoms with E-state index in [1.54, 1.807) is 13.8 Å². The van der Waals surface area contributed by atoms with E-state index < -0.39 is 5.54 Å². The highest BCUT2D eigenvalue weighted by Crippen LogP contribution is 1.85. The molecule has 60 valence electrons. The number of halogens is 3. The molecule has 0 aliphatic carbocycles. The zero-order chi connectivity index (χ0) is 5.21. The lowest BCUT2D eigenvalue weighted by molar-refractivity contribution is -0.111. The van der Waals surface area contributed by atoms with E-state index >= 15 is 0 Å². The van der Waals surface area contributed by atoms with Crippen molar-refractivity contribution < 1.29 is 4.79 Å². The summed E-state index contributed by atoms with van der Waals surface area (Å²) in [6.45, 7) is 3.31. The maximum Gasteiger partial charge on any atom is 0.139 e. The van der Waals surface area contributed by atoms with Gasteiger partial charge in [0.2, 0.25) is 0 Å². The first-order chi connectivity index (χ1) is 2.56. The van der Waals surface area contributed by atoms with Crippen molar-refractivity contribution in [1.82, 2.24) is 0 Å². The Bertz CT molecular complexity index is 61.3. The van der Waals surface area contributed by atoms with Crippen molar-refractivity contribution in [2.45, 2.75) is 19.4 Å². The van der Waals surface area contributed by atoms with Crippen LogP contribution in [0.4, 0.5) is 0 Å². The standard InChI is InChI=1S/C4H9NO.3ClH/c1-4(2,5)3-6;;;/h3H,5H2,1-2H3;3*1H. The van der Waals surface area contributed by atoms with E-state index in [-0.39, 0.29) is 37.2 Å². The van der Waals surface area contributed by atoms with Gasteiger partial charge in [-0.25, -0.2) is 0 Å². The SMILES string of the molecule is CC(C)(N)C=O.Cl.Cl.Cl. The highest BCUT2D eigenvalue weighted by Gasteiger charge is 2.04. The predicted octanol–water partition coefficient (Wildman–Crippen LogP) is 1.19. The van der Waals surface area contributed by atoms with Crippen LogP contribution in [-0.4, -0.2) is 11.8 Å². The lowest BCUT2D eigenvalue weighted by atomic mass is 10.1. The second kappa shape index (κ2) is 8.50. The normalized spacial score (nSPS) is 7.44. The Kier molecular flexibility index (Phi) is 21.4. The molecule has 0 fully saturated rings. The molecule has 0 spiro atoms. The largest absolute Gasteiger partial charge is 0.320 e. The van der Waals surface area contributed by atoms with Crippen molar-refractivity contribution >= 4 is 43.5 Å². The van der Waals surface area contributed by atoms with Gasteiger partial charge in [0.1, 0.15) is 6.29 Å². The van der Waals surface area contributed by atoms with E-state index in [0.717, 1.165) is 0 Å². The summed E-state index contributed by atoms with van der Waals surface area (Å²) in [7, 11) is 0. The van der Waals surface area contributed by atoms with E-state index in [0.29, 0.717) is 6.29 Å². The van der Waals surface area contributed by atoms with E-state index in [1.807, 2.05) is 0 Å². The molecule has 0 amide bonds. The van der Waals surface area contributed by atoms with Crippen molar-refractivity contribution in [3.8, 4) is 0 Å². The van der Waals surface area contributed by atoms with Gasteiger partial charge in [0.15, 0.2) is 0 Å². The molecule has 0 aromatic heterocycles. The number of carbonyl (C=O) groups is 1. The van der Waals surface area contributed by atoms with E-state index in [9.17, 15) is 4.79 Å². The first kappa shape index (κ1) is 22.7. The molecule has 0 unspecified atom stereocenters. The molecule has 0 saturated carbocycles. The van der Waals surface area contributed by atoms with Crippen molar-refractivity contribution in [1.29, 1.82) is 0 Å². The van der Waals surface area contributed by atoms with Crippen LogP contribution < -0.4 is 5.73 Å². The van der Waals surface area contributed by atoms with Gasteiger partial charge < -0.3 is 10.5 Å². The van der Waals surface area contributed by atoms with Gasteiger partial charge in [0.25, 0.3) is 0 Å². The highest BCUT2D eigenvalue weighted by atomic mass is 35.5. The van der Waals surface area contributed by atoms with E-state index in [1.165, 1.54) is 0 Å². The number of aldehydes is 1. The second-order valence-corrected chi connectivity index (χ2v) is 1.94. The van der Waals surface area contributed by atoms with Crippen LogP contribution in [0.25, 0.3) is 0 Å². The van der Waals surface area contributed by atoms with Crippen LogP contribution in [0.5, 0.6) is 0 Å². The van der Waals surface area contributed by atoms with Crippen LogP contribution >= 0.6 is 37.2 Å². The number of hydrogen-bond donors (Lipinski definition) is 1. The second-order valence-electron chi connectivity index (χ2n) is 1.94. The van der Waals surface area contributed by atoms with Gasteiger partial charge in [-0.1, -0.05) is 0 Å². The molecule has 0 rings (SSSR count). The fourth-order valence-corrected chi connectivity index (χ4v) is 0. The molecule has 0 atom stereocenters. The third kappa shape index (κ3) is 29.3. The Hall–Kier alpha value is 0.500. The van der Waals surface area contributed by atoms with Crippen molar-refractivity contribution in [2.75, 3.05) is 0 Å². The Morgan fingerprint density at radius 1 is 1.22 bits per heavy atom. The maximum atomic E-state index is 9.70. The van der Waals surface area contributed by atoms with Crippen LogP contribution in [0.2, 0.25) is 0 Å². The predicted molar refractivity (Wildman–Crippen MR) is 46.1 cm³/mol. The molecule has 2 N–H and O–H groups in total. The van der Waals surface area contributed by atoms with Crippen LogP contribution in [0, 0.1) is 0 Å². The van der Waals surface area contributed by atoms with Gasteiger partial charge >= 0.3 is 0 Å². The minimum absolute atomic E-state index is 0. The molecule has 0 saturated heterocycles. The molecule has 0 radical (unpaired) electrons. The Morgan fingerprint density at radius 3 is 1.33 bits per heavy atom. The third-order valence-electron chi connectivity index (χ3n) is 0.304. The topological polar surface area (TPSA) is 43.1 Å². The lowest BCUT2D eigenvalue weighted by Crippen LogP contribution is -2.33. The fourth-order valence-electron chi connectivity index (χ4n) is 0. The van der Waals surface area contributed by atoms with Crippen LogP contribution in [0.3, 0.4) is 0 Å². The van der Waals surface area contributed by atoms with Gasteiger partial charge in [-0.05, 0) is 13.8 Å². The van der Waals surface area contributed by atoms with Gasteiger partial charge in [0, 0.05) is 0 Å². The third-order valence-corrected chi connectivity index (χ3v) is 0.304. The lowest BCUT2D eigenvalue weighted by Gasteiger charge is -2.04. The first-order valence-corrected chi connectivity index (χ1v) is 1.81. The van der Waals surface area contributed by atoms with Gasteiger partial charge in [0.05, 0.1) is 5.54 Å². The Morgan fingerprint density at radius 2 is 1.33 bits per heavy atom. The van der Waals surface area contributed by atoms with Crippen LogP contribution in [0.1, 0.15) is 13.8 Å². The number of rotatable bonds is 1. The zero-order valence-corrected chi connectivity index (χ0v) is 7.74. The van der Waals surface area contributed by atoms with Crippen LogP contribution in [0.15, 0.2) is 0 Å². The summed E-state index contributed by atoms with van der Waals surface area (Å²) >= 11 is 0. The summed E-state index contributed by atoms with van der Waals surface area (Å²) in [5.41, 5.74) is 4.53. The quantitative estimate of drug-likeness (QED) is 0.640. The number of hydrogen-bond acceptors (Lipinski definition) is 2. The van der Waals surface area contributed by atoms with Crippen molar-refractivity contribution in [3.05, 3.63) is 0 Å². The molecule has 2 nitrogen and oxygen atoms in total. The molecule has 0 bridgehead atoms. The van der Waals surface area contributed by atoms with Gasteiger partial charge in [-0.2, -0.15) is 0 Å². The van der Waals surface area contributed by atoms with Gasteiger partial charge in [-0.3, -0.25) is 0 Å². The first-order valence-electron chi connectivity index (χ1n) is 1.81. The maximum absolute atomic E-state index is 9.70. The summed E-state index contributed by atoms with van der Waals surface area (Å²) in [5, 5.41) is 0. The van der Waals surface area contributed by atoms with Crippen LogP contribution in [-0.2, 0) is 4.79 Å². The summed E-state index contributed by atoms with van der Waals surface area (Å²) < 4.78 is 0. The minimum Gasteiger partial charge on any atom is -0.320 e. The molecule has 0 aromatic rings. The smallest absolute Gasteiger partial charge is 0.139 e. The molecular formula is C4H12Cl3NO. The van der Waals surface area contributed by atoms with Crippen molar-refractivity contribution in [2.24, 2.45) is 5.73 Å². The summed E-state index contributed by atoms with van der Waals surface area (Å²) in [5.74, 6) is 0. The zero-order valence-electron chi connectivity index (χ0n) is 5.29. The molecule has 9 heavy (non-hydrogen) atoms. The highest BCUT2D eigenvalue weighted by molar-refractivity contribution is 5.86. The molecular weight excluding hydrogens is 184 g/mol. The monoisotopic (exact) mass is 195 g/mol. The Balaban J connectivity index is -0.0000000417. The van der Waals surface area contributed by atoms with Crippen molar-refractivity contribution in [3.63, 3.8) is 0 Å². The summed E-state index contributed by atoms with van der Waals surface area (Å²) in [6, 6.07) is 0. The number of nitrogens with two attached hydrogens (primary N) is 1. The average molecular weight is 197 g/mol. The Labute approximate surface area is 73.8 Å². The average Bonchev–Trinajstić information content (AvgIpc) is 1.35. The fraction of sp³-hybridized carbons (Fsp3) is 0.750. The molecule has 0 aliphatic rings.